The van der Waals surface area contributed by atoms with Crippen molar-refractivity contribution < 1.29 is 5.48 Å². The van der Waals surface area contributed by atoms with Gasteiger partial charge < -0.3 is 17.4 Å². The summed E-state index contributed by atoms with van der Waals surface area (Å²) in [6, 6.07) is 7.69. The summed E-state index contributed by atoms with van der Waals surface area (Å²) in [6.45, 7) is 3.96. The Hall–Kier alpha value is -1.33. The van der Waals surface area contributed by atoms with Gasteiger partial charge in [0.2, 0.25) is 10.6 Å². The van der Waals surface area contributed by atoms with Crippen LogP contribution in [-0.2, 0) is 0 Å². The Kier molecular flexibility index (Phi) is 9.62. The molecule has 0 spiro atoms. The summed E-state index contributed by atoms with van der Waals surface area (Å²) < 4.78 is 1.81. The van der Waals surface area contributed by atoms with E-state index in [1.165, 1.54) is 0 Å². The Morgan fingerprint density at radius 1 is 0.733 bits per heavy atom. The predicted octanol–water partition coefficient (Wildman–Crippen LogP) is 6.28. The van der Waals surface area contributed by atoms with Crippen molar-refractivity contribution in [2.24, 2.45) is 0 Å². The topological polar surface area (TPSA) is 144 Å². The molecule has 0 radical (unpaired) electrons. The molecule has 0 amide bonds. The molecule has 2 aromatic heterocycles. The molecular weight excluding hydrogens is 582 g/mol. The molecule has 0 saturated carbocycles. The van der Waals surface area contributed by atoms with E-state index in [0.29, 0.717) is 11.0 Å². The third kappa shape index (κ3) is 5.47. The van der Waals surface area contributed by atoms with Gasteiger partial charge in [0.1, 0.15) is 11.0 Å². The van der Waals surface area contributed by atoms with Gasteiger partial charge in [-0.1, -0.05) is 23.7 Å². The van der Waals surface area contributed by atoms with Gasteiger partial charge in [-0.25, -0.2) is 19.9 Å². The highest BCUT2D eigenvalue weighted by molar-refractivity contribution is 9.11. The first kappa shape index (κ1) is 26.7. The number of nitrogens with two attached hydrogens (primary N) is 1. The number of nitrogens with zero attached hydrogens (tertiary/aromatic N) is 4. The zero-order valence-electron chi connectivity index (χ0n) is 15.8. The molecule has 0 aliphatic carbocycles. The lowest BCUT2D eigenvalue weighted by atomic mass is 10.1. The Morgan fingerprint density at radius 3 is 1.70 bits per heavy atom. The zero-order valence-corrected chi connectivity index (χ0v) is 21.2. The molecule has 0 unspecified atom stereocenters. The van der Waals surface area contributed by atoms with Gasteiger partial charge in [-0.2, -0.15) is 0 Å². The van der Waals surface area contributed by atoms with Crippen LogP contribution in [0, 0.1) is 13.8 Å². The van der Waals surface area contributed by atoms with Crippen molar-refractivity contribution in [1.29, 1.82) is 0 Å². The largest absolute Gasteiger partial charge is 0.412 e. The molecule has 0 aliphatic rings. The van der Waals surface area contributed by atoms with Gasteiger partial charge in [0, 0.05) is 19.7 Å². The number of rotatable bonds is 0. The summed E-state index contributed by atoms with van der Waals surface area (Å²) in [5.41, 5.74) is 9.39. The molecule has 0 fully saturated rings. The number of nitrogen functional groups attached to an aromatic ring is 1. The van der Waals surface area contributed by atoms with E-state index >= 15 is 0 Å². The van der Waals surface area contributed by atoms with E-state index in [4.69, 9.17) is 40.5 Å². The average molecular weight is 600 g/mol. The van der Waals surface area contributed by atoms with E-state index in [1.54, 1.807) is 0 Å². The molecule has 4 aromatic rings. The third-order valence-electron chi connectivity index (χ3n) is 3.93. The number of aromatic nitrogens is 4. The Labute approximate surface area is 204 Å². The van der Waals surface area contributed by atoms with Crippen LogP contribution in [0.2, 0.25) is 15.7 Å². The van der Waals surface area contributed by atoms with Crippen molar-refractivity contribution in [3.05, 3.63) is 60.1 Å². The number of aryl methyl sites for hydroxylation is 2. The van der Waals surface area contributed by atoms with E-state index in [-0.39, 0.29) is 22.2 Å². The summed E-state index contributed by atoms with van der Waals surface area (Å²) in [5, 5.41) is 2.32. The fourth-order valence-corrected chi connectivity index (χ4v) is 3.95. The highest BCUT2D eigenvalue weighted by Crippen LogP contribution is 2.30. The van der Waals surface area contributed by atoms with Gasteiger partial charge >= 0.3 is 0 Å². The van der Waals surface area contributed by atoms with Crippen molar-refractivity contribution in [3.63, 3.8) is 0 Å². The maximum Gasteiger partial charge on any atom is 0.224 e. The van der Waals surface area contributed by atoms with Gasteiger partial charge in [-0.15, -0.1) is 0 Å². The van der Waals surface area contributed by atoms with Crippen molar-refractivity contribution in [2.45, 2.75) is 13.8 Å². The van der Waals surface area contributed by atoms with E-state index in [9.17, 15) is 0 Å². The van der Waals surface area contributed by atoms with Crippen LogP contribution in [0.25, 0.3) is 21.8 Å². The lowest BCUT2D eigenvalue weighted by Gasteiger charge is -2.05. The second-order valence-electron chi connectivity index (χ2n) is 5.85. The Balaban J connectivity index is 0.000000281. The standard InChI is InChI=1S/C9H5BrCl2N2.C9H7BrClN3.H3N.H2O/c1-4-2-3-5-7(6(4)10)13-9(12)14-8(5)11;1-4-2-3-5-7(6(4)10)13-9(11)14-8(5)12;;/h2-3H,1H3;2-3H,1H3,(H2,12,13,14);1H3;1H2. The molecule has 0 atom stereocenters. The molecular formula is C18H17Br2Cl3N6O. The molecule has 2 heterocycles. The monoisotopic (exact) mass is 596 g/mol. The summed E-state index contributed by atoms with van der Waals surface area (Å²) >= 11 is 24.3. The molecule has 0 saturated heterocycles. The molecule has 160 valence electrons. The lowest BCUT2D eigenvalue weighted by Crippen LogP contribution is -1.96. The molecule has 2 aromatic carbocycles. The van der Waals surface area contributed by atoms with Crippen molar-refractivity contribution in [3.8, 4) is 0 Å². The molecule has 30 heavy (non-hydrogen) atoms. The van der Waals surface area contributed by atoms with Crippen LogP contribution in [-0.4, -0.2) is 25.4 Å². The van der Waals surface area contributed by atoms with E-state index in [0.717, 1.165) is 41.9 Å². The maximum atomic E-state index is 5.93. The van der Waals surface area contributed by atoms with E-state index < -0.39 is 0 Å². The van der Waals surface area contributed by atoms with Crippen molar-refractivity contribution in [2.75, 3.05) is 5.73 Å². The Morgan fingerprint density at radius 2 is 1.17 bits per heavy atom. The van der Waals surface area contributed by atoms with Crippen LogP contribution in [0.15, 0.2) is 33.2 Å². The number of hydrogen-bond acceptors (Lipinski definition) is 6. The normalized spacial score (nSPS) is 10.1. The van der Waals surface area contributed by atoms with Crippen LogP contribution in [0.4, 0.5) is 5.82 Å². The minimum absolute atomic E-state index is 0. The molecule has 0 aliphatic heterocycles. The van der Waals surface area contributed by atoms with Crippen LogP contribution < -0.4 is 11.9 Å². The smallest absolute Gasteiger partial charge is 0.224 e. The quantitative estimate of drug-likeness (QED) is 0.180. The molecule has 4 rings (SSSR count). The highest BCUT2D eigenvalue weighted by atomic mass is 79.9. The fourth-order valence-electron chi connectivity index (χ4n) is 2.46. The molecule has 0 bridgehead atoms. The zero-order chi connectivity index (χ0) is 20.6. The predicted molar refractivity (Wildman–Crippen MR) is 132 cm³/mol. The van der Waals surface area contributed by atoms with Crippen molar-refractivity contribution in [1.82, 2.24) is 26.1 Å². The lowest BCUT2D eigenvalue weighted by molar-refractivity contribution is 0.824. The van der Waals surface area contributed by atoms with Crippen LogP contribution in [0.3, 0.4) is 0 Å². The minimum atomic E-state index is 0. The number of anilines is 1. The first-order chi connectivity index (χ1) is 13.2. The molecule has 7 nitrogen and oxygen atoms in total. The van der Waals surface area contributed by atoms with Crippen LogP contribution >= 0.6 is 66.7 Å². The Bertz CT molecular complexity index is 1130. The third-order valence-corrected chi connectivity index (χ3v) is 6.56. The SMILES string of the molecule is Cc1ccc2c(Cl)nc(Cl)nc2c1Br.Cc1ccc2c(N)nc(Cl)nc2c1Br.N.O. The van der Waals surface area contributed by atoms with Crippen LogP contribution in [0.1, 0.15) is 11.1 Å². The highest BCUT2D eigenvalue weighted by Gasteiger charge is 2.09. The molecule has 12 heteroatoms. The van der Waals surface area contributed by atoms with Gasteiger partial charge in [0.25, 0.3) is 0 Å². The number of benzene rings is 2. The van der Waals surface area contributed by atoms with Crippen LogP contribution in [0.5, 0.6) is 0 Å². The van der Waals surface area contributed by atoms with Crippen molar-refractivity contribution >= 4 is 94.3 Å². The summed E-state index contributed by atoms with van der Waals surface area (Å²) in [6.07, 6.45) is 0. The second-order valence-corrected chi connectivity index (χ2v) is 8.47. The maximum absolute atomic E-state index is 5.93. The fraction of sp³-hybridized carbons (Fsp3) is 0.111. The minimum Gasteiger partial charge on any atom is -0.412 e. The first-order valence-electron chi connectivity index (χ1n) is 7.84. The number of halogens is 5. The van der Waals surface area contributed by atoms with E-state index in [1.807, 2.05) is 38.1 Å². The van der Waals surface area contributed by atoms with Gasteiger partial charge in [0.15, 0.2) is 0 Å². The summed E-state index contributed by atoms with van der Waals surface area (Å²) in [4.78, 5) is 16.0. The second kappa shape index (κ2) is 10.8. The van der Waals surface area contributed by atoms with Gasteiger partial charge in [-0.3, -0.25) is 0 Å². The average Bonchev–Trinajstić information content (AvgIpc) is 2.62. The van der Waals surface area contributed by atoms with Gasteiger partial charge in [-0.05, 0) is 92.2 Å². The molecule has 7 N–H and O–H groups in total. The summed E-state index contributed by atoms with van der Waals surface area (Å²) in [5.74, 6) is 0.403. The van der Waals surface area contributed by atoms with E-state index in [2.05, 4.69) is 51.8 Å². The van der Waals surface area contributed by atoms with Gasteiger partial charge in [0.05, 0.1) is 11.0 Å². The summed E-state index contributed by atoms with van der Waals surface area (Å²) in [7, 11) is 0. The first-order valence-corrected chi connectivity index (χ1v) is 10.6. The number of fused-ring (bicyclic) bond motifs is 2. The number of hydrogen-bond donors (Lipinski definition) is 2.